The van der Waals surface area contributed by atoms with Crippen LogP contribution in [-0.2, 0) is 28.6 Å². The number of carbonyl (C=O) groups excluding carboxylic acids is 3. The number of hydrogen-bond acceptors (Lipinski definition) is 6. The maximum Gasteiger partial charge on any atom is 0.334 e. The zero-order valence-corrected chi connectivity index (χ0v) is 15.1. The lowest BCUT2D eigenvalue weighted by molar-refractivity contribution is -0.146. The quantitative estimate of drug-likeness (QED) is 0.442. The minimum absolute atomic E-state index is 0.252. The van der Waals surface area contributed by atoms with E-state index in [4.69, 9.17) is 14.2 Å². The lowest BCUT2D eigenvalue weighted by Gasteiger charge is -2.23. The number of hydrogen-bond donors (Lipinski definition) is 0. The van der Waals surface area contributed by atoms with E-state index in [2.05, 4.69) is 0 Å². The monoisotopic (exact) mass is 358 g/mol. The van der Waals surface area contributed by atoms with Crippen LogP contribution in [0.15, 0.2) is 53.1 Å². The summed E-state index contributed by atoms with van der Waals surface area (Å²) < 4.78 is 15.0. The third-order valence-electron chi connectivity index (χ3n) is 4.15. The molecule has 1 aromatic rings. The van der Waals surface area contributed by atoms with Crippen LogP contribution in [-0.4, -0.2) is 32.1 Å². The van der Waals surface area contributed by atoms with E-state index in [1.54, 1.807) is 0 Å². The zero-order chi connectivity index (χ0) is 19.1. The van der Waals surface area contributed by atoms with Gasteiger partial charge in [-0.1, -0.05) is 42.0 Å². The molecule has 1 atom stereocenters. The molecule has 0 heterocycles. The Kier molecular flexibility index (Phi) is 6.72. The minimum Gasteiger partial charge on any atom is -0.466 e. The van der Waals surface area contributed by atoms with E-state index in [1.807, 2.05) is 36.4 Å². The van der Waals surface area contributed by atoms with E-state index in [0.29, 0.717) is 12.0 Å². The van der Waals surface area contributed by atoms with E-state index in [-0.39, 0.29) is 24.4 Å². The molecule has 2 rings (SSSR count). The molecule has 6 heteroatoms. The zero-order valence-electron chi connectivity index (χ0n) is 15.1. The molecule has 1 unspecified atom stereocenters. The topological polar surface area (TPSA) is 78.9 Å². The molecule has 26 heavy (non-hydrogen) atoms. The van der Waals surface area contributed by atoms with Gasteiger partial charge in [0.2, 0.25) is 0 Å². The molecule has 1 aromatic carbocycles. The first-order valence-electron chi connectivity index (χ1n) is 8.25. The van der Waals surface area contributed by atoms with Crippen LogP contribution < -0.4 is 0 Å². The Morgan fingerprint density at radius 1 is 1.00 bits per heavy atom. The highest BCUT2D eigenvalue weighted by Gasteiger charge is 2.27. The summed E-state index contributed by atoms with van der Waals surface area (Å²) in [4.78, 5) is 35.5. The van der Waals surface area contributed by atoms with Gasteiger partial charge in [-0.2, -0.15) is 0 Å². The summed E-state index contributed by atoms with van der Waals surface area (Å²) in [6.45, 7) is 1.36. The number of benzene rings is 1. The van der Waals surface area contributed by atoms with Gasteiger partial charge < -0.3 is 14.2 Å². The molecular formula is C20H22O6. The third-order valence-corrected chi connectivity index (χ3v) is 4.15. The van der Waals surface area contributed by atoms with Crippen LogP contribution in [0.4, 0.5) is 0 Å². The van der Waals surface area contributed by atoms with Crippen LogP contribution in [0.25, 0.3) is 0 Å². The van der Waals surface area contributed by atoms with Crippen molar-refractivity contribution in [3.05, 3.63) is 58.7 Å². The summed E-state index contributed by atoms with van der Waals surface area (Å²) in [7, 11) is 2.55. The summed E-state index contributed by atoms with van der Waals surface area (Å²) in [5.74, 6) is -1.48. The van der Waals surface area contributed by atoms with E-state index in [1.165, 1.54) is 21.1 Å². The van der Waals surface area contributed by atoms with Crippen molar-refractivity contribution < 1.29 is 28.6 Å². The summed E-state index contributed by atoms with van der Waals surface area (Å²) in [6.07, 6.45) is 2.37. The molecule has 1 aliphatic carbocycles. The van der Waals surface area contributed by atoms with Crippen molar-refractivity contribution >= 4 is 17.9 Å². The lowest BCUT2D eigenvalue weighted by atomic mass is 9.87. The largest absolute Gasteiger partial charge is 0.466 e. The van der Waals surface area contributed by atoms with E-state index < -0.39 is 18.0 Å². The van der Waals surface area contributed by atoms with Crippen molar-refractivity contribution in [3.63, 3.8) is 0 Å². The Morgan fingerprint density at radius 3 is 2.19 bits per heavy atom. The molecule has 0 spiro atoms. The predicted molar refractivity (Wildman–Crippen MR) is 93.9 cm³/mol. The molecule has 0 bridgehead atoms. The molecule has 6 nitrogen and oxygen atoms in total. The first-order chi connectivity index (χ1) is 12.5. The normalized spacial score (nSPS) is 15.0. The van der Waals surface area contributed by atoms with Crippen molar-refractivity contribution in [2.45, 2.75) is 32.3 Å². The molecule has 0 saturated carbocycles. The Labute approximate surface area is 152 Å². The highest BCUT2D eigenvalue weighted by molar-refractivity contribution is 6.01. The van der Waals surface area contributed by atoms with Crippen molar-refractivity contribution in [1.29, 1.82) is 0 Å². The maximum absolute atomic E-state index is 12.1. The minimum atomic E-state index is -0.556. The Morgan fingerprint density at radius 2 is 1.62 bits per heavy atom. The number of esters is 3. The number of rotatable bonds is 6. The van der Waals surface area contributed by atoms with E-state index in [0.717, 1.165) is 11.1 Å². The fourth-order valence-electron chi connectivity index (χ4n) is 2.91. The molecule has 0 aromatic heterocycles. The van der Waals surface area contributed by atoms with Gasteiger partial charge in [0.05, 0.1) is 25.4 Å². The van der Waals surface area contributed by atoms with Crippen LogP contribution in [0.2, 0.25) is 0 Å². The summed E-state index contributed by atoms with van der Waals surface area (Å²) >= 11 is 0. The summed E-state index contributed by atoms with van der Waals surface area (Å²) in [6, 6.07) is 9.39. The fraction of sp³-hybridized carbons (Fsp3) is 0.350. The van der Waals surface area contributed by atoms with Crippen molar-refractivity contribution in [1.82, 2.24) is 0 Å². The number of allylic oxidation sites excluding steroid dienone is 1. The second-order valence-corrected chi connectivity index (χ2v) is 5.90. The van der Waals surface area contributed by atoms with Gasteiger partial charge in [-0.25, -0.2) is 9.59 Å². The van der Waals surface area contributed by atoms with Gasteiger partial charge in [0, 0.05) is 19.8 Å². The first kappa shape index (κ1) is 19.4. The van der Waals surface area contributed by atoms with Gasteiger partial charge in [0.25, 0.3) is 0 Å². The Hall–Kier alpha value is -2.89. The molecule has 1 aliphatic rings. The highest BCUT2D eigenvalue weighted by Crippen LogP contribution is 2.33. The molecule has 138 valence electrons. The van der Waals surface area contributed by atoms with E-state index >= 15 is 0 Å². The van der Waals surface area contributed by atoms with Crippen LogP contribution in [0.1, 0.15) is 37.9 Å². The average Bonchev–Trinajstić information content (AvgIpc) is 2.66. The van der Waals surface area contributed by atoms with Crippen LogP contribution >= 0.6 is 0 Å². The van der Waals surface area contributed by atoms with Crippen LogP contribution in [0.5, 0.6) is 0 Å². The lowest BCUT2D eigenvalue weighted by Crippen LogP contribution is -2.19. The average molecular weight is 358 g/mol. The van der Waals surface area contributed by atoms with Crippen LogP contribution in [0.3, 0.4) is 0 Å². The summed E-state index contributed by atoms with van der Waals surface area (Å²) in [5.41, 5.74) is 2.34. The standard InChI is InChI=1S/C20H22O6/c1-13(21)26-18(15-7-5-4-6-8-15)12-14-9-10-16(19(22)24-2)17(11-14)20(23)25-3/h4-9,18H,10-12H2,1-3H3. The predicted octanol–water partition coefficient (Wildman–Crippen LogP) is 3.04. The van der Waals surface area contributed by atoms with Gasteiger partial charge in [-0.05, 0) is 12.0 Å². The van der Waals surface area contributed by atoms with Crippen molar-refractivity contribution in [2.75, 3.05) is 14.2 Å². The molecule has 0 radical (unpaired) electrons. The smallest absolute Gasteiger partial charge is 0.334 e. The Balaban J connectivity index is 2.23. The highest BCUT2D eigenvalue weighted by atomic mass is 16.5. The maximum atomic E-state index is 12.1. The third kappa shape index (κ3) is 4.81. The van der Waals surface area contributed by atoms with Crippen molar-refractivity contribution in [3.8, 4) is 0 Å². The van der Waals surface area contributed by atoms with Crippen molar-refractivity contribution in [2.24, 2.45) is 0 Å². The molecule has 0 saturated heterocycles. The molecule has 0 N–H and O–H groups in total. The second kappa shape index (κ2) is 8.99. The van der Waals surface area contributed by atoms with Gasteiger partial charge in [0.1, 0.15) is 6.10 Å². The number of ether oxygens (including phenoxy) is 3. The number of methoxy groups -OCH3 is 2. The summed E-state index contributed by atoms with van der Waals surface area (Å²) in [5, 5.41) is 0. The van der Waals surface area contributed by atoms with Gasteiger partial charge >= 0.3 is 17.9 Å². The van der Waals surface area contributed by atoms with E-state index in [9.17, 15) is 14.4 Å². The Bertz CT molecular complexity index is 745. The molecule has 0 aliphatic heterocycles. The SMILES string of the molecule is COC(=O)C1=C(C(=O)OC)CC(CC(OC(C)=O)c2ccccc2)=CC1. The molecule has 0 fully saturated rings. The van der Waals surface area contributed by atoms with Gasteiger partial charge in [-0.3, -0.25) is 4.79 Å². The molecule has 0 amide bonds. The van der Waals surface area contributed by atoms with Gasteiger partial charge in [0.15, 0.2) is 0 Å². The fourth-order valence-corrected chi connectivity index (χ4v) is 2.91. The van der Waals surface area contributed by atoms with Crippen LogP contribution in [0, 0.1) is 0 Å². The van der Waals surface area contributed by atoms with Gasteiger partial charge in [-0.15, -0.1) is 0 Å². The first-order valence-corrected chi connectivity index (χ1v) is 8.25. The molecular weight excluding hydrogens is 336 g/mol. The number of carbonyl (C=O) groups is 3. The second-order valence-electron chi connectivity index (χ2n) is 5.90.